The van der Waals surface area contributed by atoms with Crippen molar-refractivity contribution in [3.8, 4) is 17.0 Å². The lowest BCUT2D eigenvalue weighted by atomic mass is 10.1. The van der Waals surface area contributed by atoms with Gasteiger partial charge in [0.25, 0.3) is 0 Å². The predicted molar refractivity (Wildman–Crippen MR) is 149 cm³/mol. The number of carbonyl (C=O) groups excluding carboxylic acids is 1. The highest BCUT2D eigenvalue weighted by Gasteiger charge is 2.23. The summed E-state index contributed by atoms with van der Waals surface area (Å²) in [5.41, 5.74) is 4.92. The summed E-state index contributed by atoms with van der Waals surface area (Å²) < 4.78 is 13.1. The van der Waals surface area contributed by atoms with Crippen molar-refractivity contribution in [3.63, 3.8) is 0 Å². The maximum absolute atomic E-state index is 12.3. The van der Waals surface area contributed by atoms with E-state index in [1.807, 2.05) is 55.3 Å². The first-order valence-electron chi connectivity index (χ1n) is 12.4. The Labute approximate surface area is 221 Å². The van der Waals surface area contributed by atoms with Crippen LogP contribution < -0.4 is 20.3 Å². The van der Waals surface area contributed by atoms with Crippen molar-refractivity contribution in [1.29, 1.82) is 0 Å². The summed E-state index contributed by atoms with van der Waals surface area (Å²) in [6.45, 7) is 5.02. The highest BCUT2D eigenvalue weighted by Crippen LogP contribution is 2.39. The molecule has 0 unspecified atom stereocenters. The van der Waals surface area contributed by atoms with E-state index < -0.39 is 0 Å². The van der Waals surface area contributed by atoms with Crippen molar-refractivity contribution in [2.45, 2.75) is 18.9 Å². The normalized spacial score (nSPS) is 13.8. The molecule has 0 saturated carbocycles. The molecule has 10 heteroatoms. The number of hydrogen-bond acceptors (Lipinski definition) is 8. The van der Waals surface area contributed by atoms with E-state index in [4.69, 9.17) is 9.47 Å². The quantitative estimate of drug-likeness (QED) is 0.331. The number of aromatic nitrogens is 4. The average Bonchev–Trinajstić information content (AvgIpc) is 3.33. The Balaban J connectivity index is 1.48. The second-order valence-electron chi connectivity index (χ2n) is 9.17. The Morgan fingerprint density at radius 1 is 1.18 bits per heavy atom. The molecular weight excluding hydrogens is 482 g/mol. The molecule has 10 nitrogen and oxygen atoms in total. The topological polar surface area (TPSA) is 106 Å². The third-order valence-electron chi connectivity index (χ3n) is 6.85. The second-order valence-corrected chi connectivity index (χ2v) is 9.17. The van der Waals surface area contributed by atoms with E-state index in [0.29, 0.717) is 36.2 Å². The van der Waals surface area contributed by atoms with Crippen LogP contribution in [-0.2, 0) is 16.6 Å². The maximum atomic E-state index is 12.3. The van der Waals surface area contributed by atoms with Gasteiger partial charge in [0, 0.05) is 56.4 Å². The fourth-order valence-corrected chi connectivity index (χ4v) is 4.72. The lowest BCUT2D eigenvalue weighted by Crippen LogP contribution is -2.37. The summed E-state index contributed by atoms with van der Waals surface area (Å²) in [6, 6.07) is 12.0. The molecule has 2 aromatic heterocycles. The monoisotopic (exact) mass is 513 g/mol. The number of anilines is 4. The van der Waals surface area contributed by atoms with Gasteiger partial charge >= 0.3 is 0 Å². The van der Waals surface area contributed by atoms with Gasteiger partial charge in [-0.25, -0.2) is 9.97 Å². The number of amides is 1. The van der Waals surface area contributed by atoms with Crippen LogP contribution in [-0.4, -0.2) is 59.1 Å². The molecule has 3 heterocycles. The molecule has 0 aliphatic carbocycles. The maximum Gasteiger partial charge on any atom is 0.247 e. The predicted octanol–water partition coefficient (Wildman–Crippen LogP) is 4.52. The van der Waals surface area contributed by atoms with Gasteiger partial charge in [-0.1, -0.05) is 12.6 Å². The number of nitrogens with zero attached hydrogens (tertiary/aromatic N) is 5. The Hall–Kier alpha value is -4.44. The highest BCUT2D eigenvalue weighted by molar-refractivity contribution is 6.02. The number of rotatable bonds is 8. The van der Waals surface area contributed by atoms with Crippen molar-refractivity contribution >= 4 is 39.7 Å². The summed E-state index contributed by atoms with van der Waals surface area (Å²) in [6.07, 6.45) is 6.42. The summed E-state index contributed by atoms with van der Waals surface area (Å²) in [5, 5.41) is 11.6. The molecule has 0 spiro atoms. The molecule has 1 aliphatic heterocycles. The number of nitrogens with one attached hydrogen (secondary N) is 2. The smallest absolute Gasteiger partial charge is 0.247 e. The molecule has 1 saturated heterocycles. The second kappa shape index (κ2) is 10.9. The van der Waals surface area contributed by atoms with Crippen LogP contribution in [0.15, 0.2) is 61.6 Å². The molecule has 2 aromatic carbocycles. The Bertz CT molecular complexity index is 1480. The number of methoxy groups -OCH3 is 1. The van der Waals surface area contributed by atoms with Crippen LogP contribution in [0.3, 0.4) is 0 Å². The van der Waals surface area contributed by atoms with E-state index in [1.54, 1.807) is 7.11 Å². The zero-order chi connectivity index (χ0) is 26.6. The molecule has 1 fully saturated rings. The number of aryl methyl sites for hydroxylation is 1. The molecule has 38 heavy (non-hydrogen) atoms. The SMILES string of the molecule is C=CC(=O)Nc1cc(Nc2cc(-c3ccc4c(cnn4C)c3)ncn2)c(OC)cc1N(C)C1CCOCC1. The van der Waals surface area contributed by atoms with Crippen molar-refractivity contribution in [1.82, 2.24) is 19.7 Å². The molecule has 1 amide bonds. The number of fused-ring (bicyclic) bond motifs is 1. The van der Waals surface area contributed by atoms with Gasteiger partial charge in [0.2, 0.25) is 5.91 Å². The molecule has 0 bridgehead atoms. The Morgan fingerprint density at radius 2 is 2.00 bits per heavy atom. The van der Waals surface area contributed by atoms with Gasteiger partial charge in [-0.05, 0) is 37.1 Å². The molecule has 2 N–H and O–H groups in total. The lowest BCUT2D eigenvalue weighted by Gasteiger charge is -2.34. The first kappa shape index (κ1) is 25.2. The van der Waals surface area contributed by atoms with E-state index >= 15 is 0 Å². The largest absolute Gasteiger partial charge is 0.494 e. The minimum atomic E-state index is -0.294. The third-order valence-corrected chi connectivity index (χ3v) is 6.85. The Morgan fingerprint density at radius 3 is 2.76 bits per heavy atom. The van der Waals surface area contributed by atoms with Gasteiger partial charge in [-0.15, -0.1) is 0 Å². The fourth-order valence-electron chi connectivity index (χ4n) is 4.72. The first-order chi connectivity index (χ1) is 18.5. The van der Waals surface area contributed by atoms with Crippen molar-refractivity contribution in [2.24, 2.45) is 7.05 Å². The Kier molecular flexibility index (Phi) is 7.23. The molecule has 0 atom stereocenters. The van der Waals surface area contributed by atoms with Gasteiger partial charge in [-0.2, -0.15) is 5.10 Å². The van der Waals surface area contributed by atoms with Crippen molar-refractivity contribution in [2.75, 3.05) is 42.9 Å². The summed E-state index contributed by atoms with van der Waals surface area (Å²) in [5.74, 6) is 0.913. The van der Waals surface area contributed by atoms with Crippen molar-refractivity contribution in [3.05, 3.63) is 61.6 Å². The van der Waals surface area contributed by atoms with Crippen LogP contribution in [0.4, 0.5) is 22.9 Å². The van der Waals surface area contributed by atoms with E-state index in [-0.39, 0.29) is 11.9 Å². The van der Waals surface area contributed by atoms with Gasteiger partial charge in [0.15, 0.2) is 0 Å². The number of ether oxygens (including phenoxy) is 2. The fraction of sp³-hybridized carbons (Fsp3) is 0.286. The molecule has 196 valence electrons. The van der Waals surface area contributed by atoms with Crippen LogP contribution in [0.5, 0.6) is 5.75 Å². The molecular formula is C28H31N7O3. The van der Waals surface area contributed by atoms with Crippen LogP contribution in [0.2, 0.25) is 0 Å². The minimum absolute atomic E-state index is 0.285. The van der Waals surface area contributed by atoms with Crippen LogP contribution in [0, 0.1) is 0 Å². The summed E-state index contributed by atoms with van der Waals surface area (Å²) in [4.78, 5) is 23.4. The molecule has 5 rings (SSSR count). The van der Waals surface area contributed by atoms with Crippen LogP contribution in [0.1, 0.15) is 12.8 Å². The molecule has 0 radical (unpaired) electrons. The van der Waals surface area contributed by atoms with E-state index in [2.05, 4.69) is 43.2 Å². The van der Waals surface area contributed by atoms with Crippen LogP contribution in [0.25, 0.3) is 22.2 Å². The first-order valence-corrected chi connectivity index (χ1v) is 12.4. The number of benzene rings is 2. The molecule has 1 aliphatic rings. The van der Waals surface area contributed by atoms with Gasteiger partial charge < -0.3 is 25.0 Å². The zero-order valence-electron chi connectivity index (χ0n) is 21.8. The van der Waals surface area contributed by atoms with Gasteiger partial charge in [-0.3, -0.25) is 9.48 Å². The summed E-state index contributed by atoms with van der Waals surface area (Å²) >= 11 is 0. The van der Waals surface area contributed by atoms with E-state index in [0.717, 1.165) is 40.7 Å². The lowest BCUT2D eigenvalue weighted by molar-refractivity contribution is -0.111. The summed E-state index contributed by atoms with van der Waals surface area (Å²) in [7, 11) is 5.56. The van der Waals surface area contributed by atoms with Gasteiger partial charge in [0.05, 0.1) is 41.6 Å². The van der Waals surface area contributed by atoms with Gasteiger partial charge in [0.1, 0.15) is 17.9 Å². The third kappa shape index (κ3) is 5.16. The van der Waals surface area contributed by atoms with Crippen molar-refractivity contribution < 1.29 is 14.3 Å². The number of hydrogen-bond donors (Lipinski definition) is 2. The van der Waals surface area contributed by atoms with E-state index in [9.17, 15) is 4.79 Å². The van der Waals surface area contributed by atoms with E-state index in [1.165, 1.54) is 12.4 Å². The zero-order valence-corrected chi connectivity index (χ0v) is 21.8. The minimum Gasteiger partial charge on any atom is -0.494 e. The highest BCUT2D eigenvalue weighted by atomic mass is 16.5. The number of carbonyl (C=O) groups is 1. The van der Waals surface area contributed by atoms with Crippen LogP contribution >= 0.6 is 0 Å². The molecule has 4 aromatic rings. The average molecular weight is 514 g/mol. The standard InChI is InChI=1S/C28H31N7O3/c1-5-28(36)33-22-13-23(26(37-4)15-25(22)34(2)20-8-10-38-11-9-20)32-27-14-21(29-17-30-27)18-6-7-24-19(12-18)16-31-35(24)3/h5-7,12-17,20H,1,8-11H2,2-4H3,(H,33,36)(H,29,30,32).